The number of benzene rings is 3. The van der Waals surface area contributed by atoms with Crippen molar-refractivity contribution in [1.29, 1.82) is 0 Å². The van der Waals surface area contributed by atoms with Crippen LogP contribution in [0.5, 0.6) is 0 Å². The van der Waals surface area contributed by atoms with Crippen LogP contribution in [0.4, 0.5) is 9.80 Å². The molecule has 0 unspecified atom stereocenters. The lowest BCUT2D eigenvalue weighted by molar-refractivity contribution is 0.0692. The molecule has 0 spiro atoms. The lowest BCUT2D eigenvalue weighted by atomic mass is 9.98. The molecule has 2 N–H and O–H groups in total. The fourth-order valence-electron chi connectivity index (χ4n) is 3.98. The number of ether oxygens (including phenoxy) is 1. The SMILES string of the molecule is O=C(Nc1sc(-c2ccccc2)nc1C(=O)O)OCC1c2ccccc2-c2ccccc21. The summed E-state index contributed by atoms with van der Waals surface area (Å²) in [6.07, 6.45) is -0.711. The molecule has 1 aliphatic rings. The largest absolute Gasteiger partial charge is 0.476 e. The Hall–Kier alpha value is -3.97. The summed E-state index contributed by atoms with van der Waals surface area (Å²) in [5.41, 5.74) is 5.07. The zero-order chi connectivity index (χ0) is 22.1. The average molecular weight is 442 g/mol. The molecule has 158 valence electrons. The number of carbonyl (C=O) groups excluding carboxylic acids is 1. The van der Waals surface area contributed by atoms with E-state index in [1.807, 2.05) is 66.7 Å². The smallest absolute Gasteiger partial charge is 0.412 e. The summed E-state index contributed by atoms with van der Waals surface area (Å²) in [4.78, 5) is 28.4. The number of rotatable bonds is 5. The van der Waals surface area contributed by atoms with E-state index in [0.717, 1.165) is 39.2 Å². The summed E-state index contributed by atoms with van der Waals surface area (Å²) in [6.45, 7) is 0.145. The van der Waals surface area contributed by atoms with Gasteiger partial charge in [-0.1, -0.05) is 90.2 Å². The van der Waals surface area contributed by atoms with Crippen LogP contribution >= 0.6 is 11.3 Å². The minimum Gasteiger partial charge on any atom is -0.476 e. The van der Waals surface area contributed by atoms with Crippen molar-refractivity contribution >= 4 is 28.4 Å². The van der Waals surface area contributed by atoms with Crippen LogP contribution in [0.1, 0.15) is 27.5 Å². The highest BCUT2D eigenvalue weighted by molar-refractivity contribution is 7.19. The maximum absolute atomic E-state index is 12.6. The van der Waals surface area contributed by atoms with Crippen LogP contribution in [-0.4, -0.2) is 28.8 Å². The molecule has 0 fully saturated rings. The second-order valence-electron chi connectivity index (χ2n) is 7.32. The summed E-state index contributed by atoms with van der Waals surface area (Å²) in [6, 6.07) is 25.4. The first-order chi connectivity index (χ1) is 15.6. The lowest BCUT2D eigenvalue weighted by Gasteiger charge is -2.14. The van der Waals surface area contributed by atoms with Gasteiger partial charge < -0.3 is 9.84 Å². The van der Waals surface area contributed by atoms with Crippen LogP contribution in [0.25, 0.3) is 21.7 Å². The standard InChI is InChI=1S/C25H18N2O4S/c28-24(29)21-23(32-22(26-21)15-8-2-1-3-9-15)27-25(30)31-14-20-18-12-6-4-10-16(18)17-11-5-7-13-19(17)20/h1-13,20H,14H2,(H,27,30)(H,28,29). The van der Waals surface area contributed by atoms with Crippen LogP contribution in [-0.2, 0) is 4.74 Å². The van der Waals surface area contributed by atoms with Crippen molar-refractivity contribution in [1.82, 2.24) is 4.98 Å². The topological polar surface area (TPSA) is 88.5 Å². The highest BCUT2D eigenvalue weighted by Gasteiger charge is 2.29. The Morgan fingerprint density at radius 3 is 2.12 bits per heavy atom. The molecule has 4 aromatic rings. The predicted octanol–water partition coefficient (Wildman–Crippen LogP) is 5.87. The molecule has 1 aliphatic carbocycles. The van der Waals surface area contributed by atoms with E-state index in [4.69, 9.17) is 4.74 Å². The molecule has 0 bridgehead atoms. The van der Waals surface area contributed by atoms with Crippen molar-refractivity contribution in [3.8, 4) is 21.7 Å². The number of aromatic carboxylic acids is 1. The van der Waals surface area contributed by atoms with Gasteiger partial charge in [-0.2, -0.15) is 0 Å². The molecule has 6 nitrogen and oxygen atoms in total. The number of carboxylic acid groups (broad SMARTS) is 1. The van der Waals surface area contributed by atoms with E-state index in [1.165, 1.54) is 0 Å². The van der Waals surface area contributed by atoms with E-state index in [1.54, 1.807) is 0 Å². The fraction of sp³-hybridized carbons (Fsp3) is 0.0800. The van der Waals surface area contributed by atoms with Crippen LogP contribution in [0.3, 0.4) is 0 Å². The first kappa shape index (κ1) is 20.0. The number of hydrogen-bond donors (Lipinski definition) is 2. The second kappa shape index (κ2) is 8.28. The lowest BCUT2D eigenvalue weighted by Crippen LogP contribution is -2.18. The maximum Gasteiger partial charge on any atom is 0.412 e. The van der Waals surface area contributed by atoms with E-state index in [-0.39, 0.29) is 23.2 Å². The first-order valence-corrected chi connectivity index (χ1v) is 10.8. The van der Waals surface area contributed by atoms with Gasteiger partial charge in [0.15, 0.2) is 5.69 Å². The molecule has 1 amide bonds. The van der Waals surface area contributed by atoms with E-state index >= 15 is 0 Å². The van der Waals surface area contributed by atoms with Gasteiger partial charge in [0.2, 0.25) is 0 Å². The summed E-state index contributed by atoms with van der Waals surface area (Å²) < 4.78 is 5.53. The van der Waals surface area contributed by atoms with E-state index in [2.05, 4.69) is 22.4 Å². The summed E-state index contributed by atoms with van der Waals surface area (Å²) >= 11 is 1.10. The van der Waals surface area contributed by atoms with Gasteiger partial charge in [-0.3, -0.25) is 5.32 Å². The Balaban J connectivity index is 1.34. The Morgan fingerprint density at radius 2 is 1.50 bits per heavy atom. The van der Waals surface area contributed by atoms with Gasteiger partial charge in [0.05, 0.1) is 0 Å². The molecule has 1 heterocycles. The average Bonchev–Trinajstić information content (AvgIpc) is 3.38. The van der Waals surface area contributed by atoms with Gasteiger partial charge in [0.1, 0.15) is 16.6 Å². The van der Waals surface area contributed by atoms with Gasteiger partial charge in [0, 0.05) is 11.5 Å². The van der Waals surface area contributed by atoms with Crippen LogP contribution in [0.2, 0.25) is 0 Å². The quantitative estimate of drug-likeness (QED) is 0.404. The third-order valence-corrected chi connectivity index (χ3v) is 6.43. The molecule has 5 rings (SSSR count). The summed E-state index contributed by atoms with van der Waals surface area (Å²) in [5, 5.41) is 12.7. The third kappa shape index (κ3) is 3.63. The minimum atomic E-state index is -1.21. The fourth-order valence-corrected chi connectivity index (χ4v) is 4.93. The third-order valence-electron chi connectivity index (χ3n) is 5.41. The number of carboxylic acids is 1. The molecule has 0 atom stereocenters. The zero-order valence-corrected chi connectivity index (χ0v) is 17.6. The van der Waals surface area contributed by atoms with Crippen molar-refractivity contribution in [2.45, 2.75) is 5.92 Å². The zero-order valence-electron chi connectivity index (χ0n) is 16.8. The van der Waals surface area contributed by atoms with Gasteiger partial charge >= 0.3 is 12.1 Å². The molecule has 0 saturated carbocycles. The molecular weight excluding hydrogens is 424 g/mol. The Bertz CT molecular complexity index is 1270. The number of nitrogens with one attached hydrogen (secondary N) is 1. The van der Waals surface area contributed by atoms with Crippen LogP contribution < -0.4 is 5.32 Å². The van der Waals surface area contributed by atoms with Gasteiger partial charge in [-0.05, 0) is 22.3 Å². The van der Waals surface area contributed by atoms with E-state index in [0.29, 0.717) is 5.01 Å². The molecule has 32 heavy (non-hydrogen) atoms. The summed E-state index contributed by atoms with van der Waals surface area (Å²) in [7, 11) is 0. The molecule has 0 saturated heterocycles. The molecule has 0 aliphatic heterocycles. The van der Waals surface area contributed by atoms with Crippen LogP contribution in [0.15, 0.2) is 78.9 Å². The van der Waals surface area contributed by atoms with Gasteiger partial charge in [-0.15, -0.1) is 0 Å². The van der Waals surface area contributed by atoms with E-state index in [9.17, 15) is 14.7 Å². The van der Waals surface area contributed by atoms with Crippen molar-refractivity contribution in [2.75, 3.05) is 11.9 Å². The van der Waals surface area contributed by atoms with Gasteiger partial charge in [0.25, 0.3) is 0 Å². The van der Waals surface area contributed by atoms with Crippen molar-refractivity contribution in [3.05, 3.63) is 95.7 Å². The number of thiazole rings is 1. The first-order valence-electron chi connectivity index (χ1n) is 10.0. The van der Waals surface area contributed by atoms with Crippen molar-refractivity contribution < 1.29 is 19.4 Å². The molecular formula is C25H18N2O4S. The maximum atomic E-state index is 12.6. The van der Waals surface area contributed by atoms with Crippen molar-refractivity contribution in [3.63, 3.8) is 0 Å². The second-order valence-corrected chi connectivity index (χ2v) is 8.32. The monoisotopic (exact) mass is 442 g/mol. The molecule has 0 radical (unpaired) electrons. The van der Waals surface area contributed by atoms with Gasteiger partial charge in [-0.25, -0.2) is 14.6 Å². The number of aromatic nitrogens is 1. The number of anilines is 1. The van der Waals surface area contributed by atoms with Crippen LogP contribution in [0, 0.1) is 0 Å². The predicted molar refractivity (Wildman–Crippen MR) is 123 cm³/mol. The number of amides is 1. The normalized spacial score (nSPS) is 12.1. The molecule has 1 aromatic heterocycles. The number of fused-ring (bicyclic) bond motifs is 3. The Kier molecular flexibility index (Phi) is 5.17. The van der Waals surface area contributed by atoms with Crippen molar-refractivity contribution in [2.24, 2.45) is 0 Å². The summed E-state index contributed by atoms with van der Waals surface area (Å²) in [5.74, 6) is -1.29. The number of hydrogen-bond acceptors (Lipinski definition) is 5. The number of nitrogens with zero attached hydrogens (tertiary/aromatic N) is 1. The molecule has 7 heteroatoms. The Labute approximate surface area is 188 Å². The van der Waals surface area contributed by atoms with E-state index < -0.39 is 12.1 Å². The molecule has 3 aromatic carbocycles. The minimum absolute atomic E-state index is 0.0755. The highest BCUT2D eigenvalue weighted by Crippen LogP contribution is 2.44. The number of carbonyl (C=O) groups is 2. The Morgan fingerprint density at radius 1 is 0.906 bits per heavy atom. The highest BCUT2D eigenvalue weighted by atomic mass is 32.1.